The predicted molar refractivity (Wildman–Crippen MR) is 100 cm³/mol. The standard InChI is InChI=1S/C20H22N6O/c27-19(18-22-20-21-9-4-10-26(20)23-18)25-13-16-7-8-17(14-25)24(12-16)11-15-5-2-1-3-6-15/h1-6,9-10,16-17H,7-8,11-14H2/t16-,17-/m0/s1. The van der Waals surface area contributed by atoms with Crippen LogP contribution in [0.25, 0.3) is 5.78 Å². The molecule has 27 heavy (non-hydrogen) atoms. The van der Waals surface area contributed by atoms with Gasteiger partial charge in [-0.05, 0) is 30.4 Å². The highest BCUT2D eigenvalue weighted by Crippen LogP contribution is 2.29. The second kappa shape index (κ2) is 6.74. The fraction of sp³-hybridized carbons (Fsp3) is 0.400. The molecule has 6 rings (SSSR count). The highest BCUT2D eigenvalue weighted by Gasteiger charge is 2.37. The predicted octanol–water partition coefficient (Wildman–Crippen LogP) is 1.86. The number of aromatic nitrogens is 4. The lowest BCUT2D eigenvalue weighted by Gasteiger charge is -2.36. The summed E-state index contributed by atoms with van der Waals surface area (Å²) in [5.41, 5.74) is 1.33. The minimum Gasteiger partial charge on any atom is -0.334 e. The van der Waals surface area contributed by atoms with Crippen molar-refractivity contribution in [2.75, 3.05) is 19.6 Å². The maximum Gasteiger partial charge on any atom is 0.293 e. The lowest BCUT2D eigenvalue weighted by molar-refractivity contribution is 0.0724. The van der Waals surface area contributed by atoms with Crippen LogP contribution in [0.15, 0.2) is 48.8 Å². The molecule has 0 spiro atoms. The van der Waals surface area contributed by atoms with Gasteiger partial charge in [0.05, 0.1) is 0 Å². The number of hydrogen-bond acceptors (Lipinski definition) is 5. The molecule has 138 valence electrons. The third-order valence-corrected chi connectivity index (χ3v) is 5.65. The second-order valence-corrected chi connectivity index (χ2v) is 7.52. The van der Waals surface area contributed by atoms with E-state index in [1.165, 1.54) is 12.0 Å². The maximum absolute atomic E-state index is 13.0. The molecule has 2 aromatic heterocycles. The number of fused-ring (bicyclic) bond motifs is 5. The molecule has 0 unspecified atom stereocenters. The molecule has 0 N–H and O–H groups in total. The summed E-state index contributed by atoms with van der Waals surface area (Å²) in [6, 6.07) is 12.8. The third-order valence-electron chi connectivity index (χ3n) is 5.65. The van der Waals surface area contributed by atoms with Crippen molar-refractivity contribution < 1.29 is 4.79 Å². The molecule has 7 heteroatoms. The Kier molecular flexibility index (Phi) is 4.09. The normalized spacial score (nSPS) is 22.9. The van der Waals surface area contributed by atoms with Gasteiger partial charge in [0.2, 0.25) is 5.82 Å². The summed E-state index contributed by atoms with van der Waals surface area (Å²) in [6.45, 7) is 3.51. The summed E-state index contributed by atoms with van der Waals surface area (Å²) in [7, 11) is 0. The van der Waals surface area contributed by atoms with Gasteiger partial charge in [-0.1, -0.05) is 30.3 Å². The van der Waals surface area contributed by atoms with Crippen molar-refractivity contribution in [2.24, 2.45) is 5.92 Å². The molecule has 3 saturated heterocycles. The van der Waals surface area contributed by atoms with Crippen LogP contribution in [0.1, 0.15) is 29.0 Å². The number of amides is 1. The van der Waals surface area contributed by atoms with Gasteiger partial charge >= 0.3 is 0 Å². The van der Waals surface area contributed by atoms with Crippen LogP contribution in [0, 0.1) is 5.92 Å². The zero-order chi connectivity index (χ0) is 18.2. The van der Waals surface area contributed by atoms with Crippen LogP contribution in [0.4, 0.5) is 0 Å². The lowest BCUT2D eigenvalue weighted by atomic mass is 9.94. The van der Waals surface area contributed by atoms with E-state index >= 15 is 0 Å². The quantitative estimate of drug-likeness (QED) is 0.711. The van der Waals surface area contributed by atoms with E-state index < -0.39 is 0 Å². The van der Waals surface area contributed by atoms with Gasteiger partial charge in [0.25, 0.3) is 11.7 Å². The van der Waals surface area contributed by atoms with E-state index in [1.807, 2.05) is 4.90 Å². The minimum absolute atomic E-state index is 0.0843. The van der Waals surface area contributed by atoms with Crippen molar-refractivity contribution >= 4 is 11.7 Å². The highest BCUT2D eigenvalue weighted by atomic mass is 16.2. The van der Waals surface area contributed by atoms with E-state index in [4.69, 9.17) is 0 Å². The molecule has 5 heterocycles. The SMILES string of the molecule is O=C(c1nc2ncccn2n1)N1C[C@H]2CC[C@@H](C1)N(Cc1ccccc1)C2. The summed E-state index contributed by atoms with van der Waals surface area (Å²) < 4.78 is 1.56. The number of rotatable bonds is 3. The first kappa shape index (κ1) is 16.4. The van der Waals surface area contributed by atoms with Gasteiger partial charge in [-0.15, -0.1) is 5.10 Å². The first-order valence-electron chi connectivity index (χ1n) is 9.51. The van der Waals surface area contributed by atoms with Gasteiger partial charge in [-0.2, -0.15) is 4.98 Å². The van der Waals surface area contributed by atoms with Crippen molar-refractivity contribution in [2.45, 2.75) is 25.4 Å². The smallest absolute Gasteiger partial charge is 0.293 e. The van der Waals surface area contributed by atoms with Crippen molar-refractivity contribution in [1.82, 2.24) is 29.4 Å². The van der Waals surface area contributed by atoms with E-state index in [1.54, 1.807) is 23.0 Å². The molecule has 2 bridgehead atoms. The van der Waals surface area contributed by atoms with Crippen LogP contribution >= 0.6 is 0 Å². The van der Waals surface area contributed by atoms with Crippen LogP contribution in [0.5, 0.6) is 0 Å². The van der Waals surface area contributed by atoms with Crippen LogP contribution in [0.3, 0.4) is 0 Å². The molecule has 3 aliphatic heterocycles. The minimum atomic E-state index is -0.0843. The van der Waals surface area contributed by atoms with Gasteiger partial charge in [0, 0.05) is 44.6 Å². The largest absolute Gasteiger partial charge is 0.334 e. The average Bonchev–Trinajstić information content (AvgIpc) is 2.93. The molecule has 1 aromatic carbocycles. The Balaban J connectivity index is 1.35. The molecule has 3 aromatic rings. The molecule has 3 fully saturated rings. The summed E-state index contributed by atoms with van der Waals surface area (Å²) >= 11 is 0. The number of carbonyl (C=O) groups is 1. The van der Waals surface area contributed by atoms with Gasteiger partial charge in [-0.3, -0.25) is 9.69 Å². The van der Waals surface area contributed by atoms with Gasteiger partial charge in [0.15, 0.2) is 0 Å². The van der Waals surface area contributed by atoms with E-state index in [0.717, 1.165) is 32.6 Å². The van der Waals surface area contributed by atoms with Crippen LogP contribution in [0.2, 0.25) is 0 Å². The van der Waals surface area contributed by atoms with E-state index in [2.05, 4.69) is 50.3 Å². The van der Waals surface area contributed by atoms with Gasteiger partial charge in [0.1, 0.15) is 0 Å². The molecule has 0 saturated carbocycles. The molecular formula is C20H22N6O. The number of benzene rings is 1. The maximum atomic E-state index is 13.0. The zero-order valence-corrected chi connectivity index (χ0v) is 15.1. The Hall–Kier alpha value is -2.80. The van der Waals surface area contributed by atoms with Crippen molar-refractivity contribution in [3.05, 3.63) is 60.2 Å². The first-order valence-corrected chi connectivity index (χ1v) is 9.51. The Labute approximate surface area is 157 Å². The molecule has 0 aliphatic carbocycles. The van der Waals surface area contributed by atoms with Crippen molar-refractivity contribution in [1.29, 1.82) is 0 Å². The molecule has 2 atom stereocenters. The lowest BCUT2D eigenvalue weighted by Crippen LogP contribution is -2.44. The van der Waals surface area contributed by atoms with Crippen molar-refractivity contribution in [3.8, 4) is 0 Å². The Morgan fingerprint density at radius 3 is 2.81 bits per heavy atom. The van der Waals surface area contributed by atoms with E-state index in [0.29, 0.717) is 17.7 Å². The number of hydrogen-bond donors (Lipinski definition) is 0. The molecular weight excluding hydrogens is 340 g/mol. The molecule has 0 radical (unpaired) electrons. The van der Waals surface area contributed by atoms with Gasteiger partial charge < -0.3 is 4.90 Å². The van der Waals surface area contributed by atoms with E-state index in [9.17, 15) is 4.79 Å². The van der Waals surface area contributed by atoms with Crippen LogP contribution in [-0.2, 0) is 6.54 Å². The summed E-state index contributed by atoms with van der Waals surface area (Å²) in [6.07, 6.45) is 5.74. The number of carbonyl (C=O) groups excluding carboxylic acids is 1. The summed E-state index contributed by atoms with van der Waals surface area (Å²) in [5, 5.41) is 4.31. The fourth-order valence-corrected chi connectivity index (χ4v) is 4.32. The highest BCUT2D eigenvalue weighted by molar-refractivity contribution is 5.91. The number of nitrogens with zero attached hydrogens (tertiary/aromatic N) is 6. The summed E-state index contributed by atoms with van der Waals surface area (Å²) in [5.74, 6) is 1.12. The van der Waals surface area contributed by atoms with Crippen LogP contribution in [-0.4, -0.2) is 61.0 Å². The van der Waals surface area contributed by atoms with E-state index in [-0.39, 0.29) is 11.7 Å². The summed E-state index contributed by atoms with van der Waals surface area (Å²) in [4.78, 5) is 26.0. The Bertz CT molecular complexity index is 922. The monoisotopic (exact) mass is 362 g/mol. The van der Waals surface area contributed by atoms with Gasteiger partial charge in [-0.25, -0.2) is 9.50 Å². The molecule has 1 amide bonds. The fourth-order valence-electron chi connectivity index (χ4n) is 4.32. The average molecular weight is 362 g/mol. The number of piperidine rings is 1. The Morgan fingerprint density at radius 2 is 1.96 bits per heavy atom. The third kappa shape index (κ3) is 3.19. The second-order valence-electron chi connectivity index (χ2n) is 7.52. The van der Waals surface area contributed by atoms with Crippen molar-refractivity contribution in [3.63, 3.8) is 0 Å². The zero-order valence-electron chi connectivity index (χ0n) is 15.1. The molecule has 7 nitrogen and oxygen atoms in total. The first-order chi connectivity index (χ1) is 13.3. The Morgan fingerprint density at radius 1 is 1.07 bits per heavy atom. The topological polar surface area (TPSA) is 66.6 Å². The van der Waals surface area contributed by atoms with Crippen LogP contribution < -0.4 is 0 Å². The molecule has 3 aliphatic rings.